The van der Waals surface area contributed by atoms with E-state index in [1.54, 1.807) is 0 Å². The zero-order chi connectivity index (χ0) is 18.6. The highest BCUT2D eigenvalue weighted by atomic mass is 16.2. The SMILES string of the molecule is O=C1CC(=O)N(C2CCN(C3CCCCCCC3)CC2)c2ccccc2N1.[HH]. The van der Waals surface area contributed by atoms with Crippen molar-refractivity contribution in [3.8, 4) is 0 Å². The molecule has 1 N–H and O–H groups in total. The van der Waals surface area contributed by atoms with Gasteiger partial charge in [0.2, 0.25) is 11.8 Å². The number of piperidine rings is 1. The Bertz CT molecular complexity index is 680. The smallest absolute Gasteiger partial charge is 0.236 e. The lowest BCUT2D eigenvalue weighted by Crippen LogP contribution is -2.50. The number of anilines is 2. The van der Waals surface area contributed by atoms with Gasteiger partial charge in [-0.2, -0.15) is 0 Å². The third-order valence-electron chi connectivity index (χ3n) is 6.47. The molecule has 0 unspecified atom stereocenters. The number of benzene rings is 1. The van der Waals surface area contributed by atoms with Crippen LogP contribution in [0.2, 0.25) is 0 Å². The summed E-state index contributed by atoms with van der Waals surface area (Å²) in [5.41, 5.74) is 1.62. The van der Waals surface area contributed by atoms with Gasteiger partial charge in [-0.1, -0.05) is 44.2 Å². The molecule has 2 amide bonds. The molecule has 0 aromatic heterocycles. The van der Waals surface area contributed by atoms with E-state index in [2.05, 4.69) is 10.2 Å². The van der Waals surface area contributed by atoms with E-state index in [0.717, 1.165) is 43.3 Å². The molecule has 1 aromatic rings. The molecule has 2 heterocycles. The molecule has 3 aliphatic rings. The largest absolute Gasteiger partial charge is 0.324 e. The fourth-order valence-electron chi connectivity index (χ4n) is 5.05. The maximum atomic E-state index is 12.8. The zero-order valence-corrected chi connectivity index (χ0v) is 16.2. The molecule has 5 heteroatoms. The minimum atomic E-state index is -0.207. The van der Waals surface area contributed by atoms with Crippen molar-refractivity contribution in [2.45, 2.75) is 76.3 Å². The van der Waals surface area contributed by atoms with Crippen LogP contribution in [0, 0.1) is 0 Å². The van der Waals surface area contributed by atoms with E-state index in [9.17, 15) is 9.59 Å². The third-order valence-corrected chi connectivity index (χ3v) is 6.47. The van der Waals surface area contributed by atoms with E-state index < -0.39 is 0 Å². The zero-order valence-electron chi connectivity index (χ0n) is 16.2. The summed E-state index contributed by atoms with van der Waals surface area (Å²) >= 11 is 0. The van der Waals surface area contributed by atoms with Crippen LogP contribution in [0.15, 0.2) is 24.3 Å². The predicted octanol–water partition coefficient (Wildman–Crippen LogP) is 4.19. The third kappa shape index (κ3) is 4.18. The number of likely N-dealkylation sites (tertiary alicyclic amines) is 1. The van der Waals surface area contributed by atoms with Crippen molar-refractivity contribution in [1.29, 1.82) is 0 Å². The predicted molar refractivity (Wildman–Crippen MR) is 110 cm³/mol. The van der Waals surface area contributed by atoms with Gasteiger partial charge in [-0.3, -0.25) is 9.59 Å². The number of para-hydroxylation sites is 2. The number of rotatable bonds is 2. The van der Waals surface area contributed by atoms with Crippen LogP contribution < -0.4 is 10.2 Å². The number of hydrogen-bond acceptors (Lipinski definition) is 3. The minimum absolute atomic E-state index is 0. The highest BCUT2D eigenvalue weighted by Gasteiger charge is 2.34. The normalized spacial score (nSPS) is 23.9. The van der Waals surface area contributed by atoms with Gasteiger partial charge in [0.1, 0.15) is 6.42 Å². The Balaban J connectivity index is 0.00000225. The molecule has 5 nitrogen and oxygen atoms in total. The average Bonchev–Trinajstić information content (AvgIpc) is 2.76. The summed E-state index contributed by atoms with van der Waals surface area (Å²) in [6.07, 6.45) is 11.5. The summed E-state index contributed by atoms with van der Waals surface area (Å²) < 4.78 is 0. The maximum absolute atomic E-state index is 12.8. The van der Waals surface area contributed by atoms with E-state index in [0.29, 0.717) is 0 Å². The van der Waals surface area contributed by atoms with Gasteiger partial charge in [0.05, 0.1) is 11.4 Å². The van der Waals surface area contributed by atoms with Crippen LogP contribution in [-0.2, 0) is 9.59 Å². The lowest BCUT2D eigenvalue weighted by atomic mass is 9.93. The monoisotopic (exact) mass is 371 g/mol. The number of amides is 2. The first-order valence-electron chi connectivity index (χ1n) is 10.7. The molecule has 1 saturated heterocycles. The number of fused-ring (bicyclic) bond motifs is 1. The summed E-state index contributed by atoms with van der Waals surface area (Å²) in [6.45, 7) is 2.12. The standard InChI is InChI=1S/C22H31N3O2.H2/c26-21-16-22(27)25(20-11-7-6-10-19(20)23-21)18-12-14-24(15-13-18)17-8-4-2-1-3-5-9-17;/h6-7,10-11,17-18H,1-5,8-9,12-16H2,(H,23,26);1H. The summed E-state index contributed by atoms with van der Waals surface area (Å²) in [7, 11) is 0. The Kier molecular flexibility index (Phi) is 5.77. The number of carbonyl (C=O) groups excluding carboxylic acids is 2. The fourth-order valence-corrected chi connectivity index (χ4v) is 5.05. The van der Waals surface area contributed by atoms with Crippen LogP contribution >= 0.6 is 0 Å². The van der Waals surface area contributed by atoms with Gasteiger partial charge in [-0.25, -0.2) is 0 Å². The first kappa shape index (κ1) is 18.5. The molecule has 27 heavy (non-hydrogen) atoms. The van der Waals surface area contributed by atoms with Crippen LogP contribution in [0.25, 0.3) is 0 Å². The Labute approximate surface area is 163 Å². The van der Waals surface area contributed by atoms with Crippen LogP contribution in [0.5, 0.6) is 0 Å². The molecule has 0 bridgehead atoms. The highest BCUT2D eigenvalue weighted by molar-refractivity contribution is 6.14. The van der Waals surface area contributed by atoms with Crippen LogP contribution in [0.1, 0.15) is 65.6 Å². The molecule has 1 aliphatic carbocycles. The second kappa shape index (κ2) is 8.42. The molecule has 1 aromatic carbocycles. The van der Waals surface area contributed by atoms with E-state index >= 15 is 0 Å². The molecule has 0 spiro atoms. The Hall–Kier alpha value is -1.88. The van der Waals surface area contributed by atoms with Crippen molar-refractivity contribution < 1.29 is 11.0 Å². The van der Waals surface area contributed by atoms with E-state index in [1.807, 2.05) is 29.2 Å². The fraction of sp³-hybridized carbons (Fsp3) is 0.636. The van der Waals surface area contributed by atoms with Crippen molar-refractivity contribution in [1.82, 2.24) is 4.90 Å². The highest BCUT2D eigenvalue weighted by Crippen LogP contribution is 2.34. The molecule has 0 atom stereocenters. The number of nitrogens with zero attached hydrogens (tertiary/aromatic N) is 2. The Morgan fingerprint density at radius 2 is 1.52 bits per heavy atom. The number of nitrogens with one attached hydrogen (secondary N) is 1. The van der Waals surface area contributed by atoms with Crippen LogP contribution in [0.4, 0.5) is 11.4 Å². The van der Waals surface area contributed by atoms with E-state index in [1.165, 1.54) is 44.9 Å². The molecule has 1 saturated carbocycles. The lowest BCUT2D eigenvalue weighted by molar-refractivity contribution is -0.125. The average molecular weight is 372 g/mol. The number of carbonyl (C=O) groups is 2. The molecule has 2 fully saturated rings. The summed E-state index contributed by atoms with van der Waals surface area (Å²) in [4.78, 5) is 29.4. The van der Waals surface area contributed by atoms with Gasteiger partial charge in [0.25, 0.3) is 0 Å². The first-order chi connectivity index (χ1) is 13.2. The lowest BCUT2D eigenvalue weighted by Gasteiger charge is -2.42. The van der Waals surface area contributed by atoms with E-state index in [4.69, 9.17) is 0 Å². The van der Waals surface area contributed by atoms with Crippen molar-refractivity contribution >= 4 is 23.2 Å². The Morgan fingerprint density at radius 3 is 2.26 bits per heavy atom. The molecule has 0 radical (unpaired) electrons. The molecule has 4 rings (SSSR count). The number of hydrogen-bond donors (Lipinski definition) is 1. The van der Waals surface area contributed by atoms with Crippen molar-refractivity contribution in [3.63, 3.8) is 0 Å². The maximum Gasteiger partial charge on any atom is 0.236 e. The quantitative estimate of drug-likeness (QED) is 0.793. The summed E-state index contributed by atoms with van der Waals surface area (Å²) in [5, 5.41) is 2.88. The molecular formula is C22H33N3O2. The van der Waals surface area contributed by atoms with Gasteiger partial charge in [0, 0.05) is 26.6 Å². The Morgan fingerprint density at radius 1 is 0.852 bits per heavy atom. The molecular weight excluding hydrogens is 338 g/mol. The van der Waals surface area contributed by atoms with Crippen molar-refractivity contribution in [3.05, 3.63) is 24.3 Å². The first-order valence-corrected chi connectivity index (χ1v) is 10.7. The van der Waals surface area contributed by atoms with Gasteiger partial charge in [-0.05, 0) is 37.8 Å². The summed E-state index contributed by atoms with van der Waals surface area (Å²) in [5.74, 6) is -0.274. The van der Waals surface area contributed by atoms with Crippen molar-refractivity contribution in [2.24, 2.45) is 0 Å². The second-order valence-electron chi connectivity index (χ2n) is 8.27. The van der Waals surface area contributed by atoms with Crippen molar-refractivity contribution in [2.75, 3.05) is 23.3 Å². The van der Waals surface area contributed by atoms with Crippen LogP contribution in [-0.4, -0.2) is 41.9 Å². The summed E-state index contributed by atoms with van der Waals surface area (Å²) in [6, 6.07) is 8.62. The van der Waals surface area contributed by atoms with Crippen LogP contribution in [0.3, 0.4) is 0 Å². The van der Waals surface area contributed by atoms with Gasteiger partial charge in [0.15, 0.2) is 0 Å². The second-order valence-corrected chi connectivity index (χ2v) is 8.27. The van der Waals surface area contributed by atoms with E-state index in [-0.39, 0.29) is 25.7 Å². The topological polar surface area (TPSA) is 52.7 Å². The van der Waals surface area contributed by atoms with Gasteiger partial charge < -0.3 is 15.1 Å². The molecule has 148 valence electrons. The minimum Gasteiger partial charge on any atom is -0.324 e. The molecule has 2 aliphatic heterocycles. The van der Waals surface area contributed by atoms with Gasteiger partial charge in [-0.15, -0.1) is 0 Å². The van der Waals surface area contributed by atoms with Gasteiger partial charge >= 0.3 is 0 Å².